The van der Waals surface area contributed by atoms with Crippen LogP contribution in [0, 0.1) is 47.8 Å². The Balaban J connectivity index is 1.38. The minimum atomic E-state index is -0.201. The lowest BCUT2D eigenvalue weighted by atomic mass is 9.40. The molecule has 2 heterocycles. The van der Waals surface area contributed by atoms with Crippen molar-refractivity contribution in [2.45, 2.75) is 57.5 Å². The molecule has 2 N–H and O–H groups in total. The molecule has 5 aliphatic rings. The van der Waals surface area contributed by atoms with Gasteiger partial charge in [0, 0.05) is 11.6 Å². The van der Waals surface area contributed by atoms with E-state index in [1.807, 2.05) is 32.0 Å². The highest BCUT2D eigenvalue weighted by molar-refractivity contribution is 5.98. The molecule has 1 aliphatic heterocycles. The summed E-state index contributed by atoms with van der Waals surface area (Å²) in [5.74, 6) is 1.64. The van der Waals surface area contributed by atoms with Crippen LogP contribution in [-0.2, 0) is 0 Å². The first-order valence-corrected chi connectivity index (χ1v) is 11.6. The average Bonchev–Trinajstić information content (AvgIpc) is 3.54. The van der Waals surface area contributed by atoms with E-state index >= 15 is 0 Å². The van der Waals surface area contributed by atoms with Crippen molar-refractivity contribution >= 4 is 17.9 Å². The largest absolute Gasteiger partial charge is 0.438 e. The van der Waals surface area contributed by atoms with Gasteiger partial charge in [-0.3, -0.25) is 4.79 Å². The van der Waals surface area contributed by atoms with Gasteiger partial charge in [0.15, 0.2) is 0 Å². The number of carbonyl (C=O) groups excluding carboxylic acids is 1. The molecule has 2 bridgehead atoms. The molecule has 7 rings (SSSR count). The first-order valence-electron chi connectivity index (χ1n) is 11.6. The maximum Gasteiger partial charge on any atom is 0.271 e. The van der Waals surface area contributed by atoms with Crippen LogP contribution in [0.2, 0.25) is 0 Å². The van der Waals surface area contributed by atoms with E-state index in [1.165, 1.54) is 6.08 Å². The smallest absolute Gasteiger partial charge is 0.271 e. The molecule has 0 unspecified atom stereocenters. The second-order valence-corrected chi connectivity index (χ2v) is 10.3. The summed E-state index contributed by atoms with van der Waals surface area (Å²) in [6, 6.07) is 8.21. The summed E-state index contributed by atoms with van der Waals surface area (Å²) in [5.41, 5.74) is 3.48. The molecule has 170 valence electrons. The fourth-order valence-electron chi connectivity index (χ4n) is 5.85. The van der Waals surface area contributed by atoms with Crippen molar-refractivity contribution in [3.63, 3.8) is 0 Å². The van der Waals surface area contributed by atoms with Crippen molar-refractivity contribution in [2.24, 2.45) is 11.3 Å². The summed E-state index contributed by atoms with van der Waals surface area (Å²) >= 11 is 0. The number of nitriles is 2. The van der Waals surface area contributed by atoms with E-state index < -0.39 is 0 Å². The number of hydrogen-bond acceptors (Lipinski definition) is 7. The summed E-state index contributed by atoms with van der Waals surface area (Å²) in [6.45, 7) is 3.91. The van der Waals surface area contributed by atoms with Crippen LogP contribution in [0.15, 0.2) is 18.2 Å². The van der Waals surface area contributed by atoms with Gasteiger partial charge in [-0.2, -0.15) is 15.5 Å². The van der Waals surface area contributed by atoms with Gasteiger partial charge in [-0.05, 0) is 86.8 Å². The molecule has 1 aromatic heterocycles. The van der Waals surface area contributed by atoms with E-state index in [0.29, 0.717) is 29.2 Å². The first kappa shape index (κ1) is 20.7. The fourth-order valence-corrected chi connectivity index (χ4v) is 5.85. The number of ether oxygens (including phenoxy) is 1. The highest BCUT2D eigenvalue weighted by Crippen LogP contribution is 2.67. The minimum absolute atomic E-state index is 0.137. The molecule has 4 aliphatic carbocycles. The quantitative estimate of drug-likeness (QED) is 0.620. The molecule has 0 saturated heterocycles. The zero-order chi connectivity index (χ0) is 23.7. The maximum absolute atomic E-state index is 12.8. The van der Waals surface area contributed by atoms with Crippen molar-refractivity contribution in [2.75, 3.05) is 5.32 Å². The number of allylic oxidation sites excluding steroid dienone is 1. The standard InChI is InChI=1S/C26H24N6O2/c1-14-8-16(4-3-7-27)9-15(2)21(14)34-23-18-19(17-5-6-17)29-22(33)20(18)30-24(31-23)32-26-10-25(11-26,12-26)13-28/h3-4,8-9,17,19H,5-6,10-12H2,1-2H3,(H,29,33)(H,30,31,32)/b4-3+/t19-,25?,26?/m1/s1. The summed E-state index contributed by atoms with van der Waals surface area (Å²) in [5, 5.41) is 24.7. The summed E-state index contributed by atoms with van der Waals surface area (Å²) in [6.07, 6.45) is 7.66. The Morgan fingerprint density at radius 1 is 1.18 bits per heavy atom. The zero-order valence-electron chi connectivity index (χ0n) is 19.1. The van der Waals surface area contributed by atoms with Crippen LogP contribution in [0.5, 0.6) is 11.6 Å². The minimum Gasteiger partial charge on any atom is -0.438 e. The van der Waals surface area contributed by atoms with Gasteiger partial charge in [0.2, 0.25) is 11.8 Å². The Labute approximate surface area is 197 Å². The molecule has 0 radical (unpaired) electrons. The Kier molecular flexibility index (Phi) is 4.28. The third-order valence-corrected chi connectivity index (χ3v) is 7.49. The summed E-state index contributed by atoms with van der Waals surface area (Å²) in [4.78, 5) is 22.2. The van der Waals surface area contributed by atoms with Crippen molar-refractivity contribution in [3.8, 4) is 23.8 Å². The van der Waals surface area contributed by atoms with Gasteiger partial charge in [-0.25, -0.2) is 4.98 Å². The number of aromatic nitrogens is 2. The maximum atomic E-state index is 12.8. The highest BCUT2D eigenvalue weighted by atomic mass is 16.5. The molecule has 1 atom stereocenters. The Morgan fingerprint density at radius 2 is 1.88 bits per heavy atom. The molecule has 4 fully saturated rings. The first-order chi connectivity index (χ1) is 16.3. The zero-order valence-corrected chi connectivity index (χ0v) is 19.1. The third kappa shape index (κ3) is 3.13. The number of hydrogen-bond donors (Lipinski definition) is 2. The SMILES string of the molecule is Cc1cc(/C=C/C#N)cc(C)c1Oc1nc(NC23CC(C#N)(C2)C3)nc2c1[C@@H](C1CC1)NC2=O. The topological polar surface area (TPSA) is 124 Å². The Bertz CT molecular complexity index is 1320. The second kappa shape index (κ2) is 7.04. The number of amides is 1. The van der Waals surface area contributed by atoms with E-state index in [2.05, 4.69) is 21.7 Å². The number of nitrogens with one attached hydrogen (secondary N) is 2. The van der Waals surface area contributed by atoms with Crippen LogP contribution in [-0.4, -0.2) is 21.4 Å². The lowest BCUT2D eigenvalue weighted by molar-refractivity contribution is -0.0665. The van der Waals surface area contributed by atoms with Gasteiger partial charge in [0.1, 0.15) is 11.4 Å². The predicted octanol–water partition coefficient (Wildman–Crippen LogP) is 4.48. The summed E-state index contributed by atoms with van der Waals surface area (Å²) < 4.78 is 6.43. The van der Waals surface area contributed by atoms with Crippen LogP contribution in [0.1, 0.15) is 70.9 Å². The molecule has 1 amide bonds. The second-order valence-electron chi connectivity index (χ2n) is 10.3. The Morgan fingerprint density at radius 3 is 2.50 bits per heavy atom. The van der Waals surface area contributed by atoms with Crippen molar-refractivity contribution in [1.29, 1.82) is 10.5 Å². The number of anilines is 1. The Hall–Kier alpha value is -3.91. The monoisotopic (exact) mass is 452 g/mol. The van der Waals surface area contributed by atoms with Crippen molar-refractivity contribution < 1.29 is 9.53 Å². The van der Waals surface area contributed by atoms with Crippen LogP contribution >= 0.6 is 0 Å². The predicted molar refractivity (Wildman–Crippen MR) is 124 cm³/mol. The molecule has 2 aromatic rings. The van der Waals surface area contributed by atoms with E-state index in [0.717, 1.165) is 54.4 Å². The van der Waals surface area contributed by atoms with Crippen LogP contribution < -0.4 is 15.4 Å². The highest BCUT2D eigenvalue weighted by Gasteiger charge is 2.69. The molecular weight excluding hydrogens is 428 g/mol. The number of rotatable bonds is 6. The van der Waals surface area contributed by atoms with Gasteiger partial charge in [0.25, 0.3) is 5.91 Å². The number of nitrogens with zero attached hydrogens (tertiary/aromatic N) is 4. The third-order valence-electron chi connectivity index (χ3n) is 7.49. The molecular formula is C26H24N6O2. The summed E-state index contributed by atoms with van der Waals surface area (Å²) in [7, 11) is 0. The van der Waals surface area contributed by atoms with Crippen molar-refractivity contribution in [3.05, 3.63) is 46.2 Å². The van der Waals surface area contributed by atoms with Crippen LogP contribution in [0.25, 0.3) is 6.08 Å². The van der Waals surface area contributed by atoms with Gasteiger partial charge < -0.3 is 15.4 Å². The van der Waals surface area contributed by atoms with E-state index in [9.17, 15) is 10.1 Å². The molecule has 4 saturated carbocycles. The van der Waals surface area contributed by atoms with Gasteiger partial charge in [0.05, 0.1) is 29.2 Å². The fraction of sp³-hybridized carbons (Fsp3) is 0.423. The average molecular weight is 453 g/mol. The normalized spacial score (nSPS) is 28.2. The number of benzene rings is 1. The molecule has 1 aromatic carbocycles. The van der Waals surface area contributed by atoms with E-state index in [-0.39, 0.29) is 22.9 Å². The molecule has 8 nitrogen and oxygen atoms in total. The van der Waals surface area contributed by atoms with Gasteiger partial charge >= 0.3 is 0 Å². The van der Waals surface area contributed by atoms with Crippen molar-refractivity contribution in [1.82, 2.24) is 15.3 Å². The van der Waals surface area contributed by atoms with Gasteiger partial charge in [-0.15, -0.1) is 0 Å². The lowest BCUT2D eigenvalue weighted by Crippen LogP contribution is -2.70. The van der Waals surface area contributed by atoms with E-state index in [1.54, 1.807) is 6.08 Å². The lowest BCUT2D eigenvalue weighted by Gasteiger charge is -2.66. The molecule has 8 heteroatoms. The van der Waals surface area contributed by atoms with Crippen LogP contribution in [0.3, 0.4) is 0 Å². The van der Waals surface area contributed by atoms with Gasteiger partial charge in [-0.1, -0.05) is 0 Å². The number of aryl methyl sites for hydroxylation is 2. The number of carbonyl (C=O) groups is 1. The molecule has 0 spiro atoms. The van der Waals surface area contributed by atoms with E-state index in [4.69, 9.17) is 15.0 Å². The molecule has 34 heavy (non-hydrogen) atoms. The van der Waals surface area contributed by atoms with Crippen LogP contribution in [0.4, 0.5) is 5.95 Å². The number of fused-ring (bicyclic) bond motifs is 1.